The van der Waals surface area contributed by atoms with Crippen LogP contribution in [0.25, 0.3) is 0 Å². The molecule has 1 unspecified atom stereocenters. The fraction of sp³-hybridized carbons (Fsp3) is 0.500. The molecule has 1 amide bonds. The second-order valence-electron chi connectivity index (χ2n) is 7.02. The molecule has 2 aliphatic heterocycles. The highest BCUT2D eigenvalue weighted by molar-refractivity contribution is 7.99. The maximum Gasteiger partial charge on any atom is 0.237 e. The molecule has 0 bridgehead atoms. The number of carbonyl (C=O) groups is 1. The molecule has 0 aliphatic carbocycles. The number of benzene rings is 1. The molecule has 0 radical (unpaired) electrons. The average Bonchev–Trinajstić information content (AvgIpc) is 3.36. The van der Waals surface area contributed by atoms with Gasteiger partial charge in [0.1, 0.15) is 0 Å². The summed E-state index contributed by atoms with van der Waals surface area (Å²) in [7, 11) is 0. The second kappa shape index (κ2) is 7.45. The summed E-state index contributed by atoms with van der Waals surface area (Å²) >= 11 is 1.54. The van der Waals surface area contributed by atoms with E-state index < -0.39 is 0 Å². The van der Waals surface area contributed by atoms with E-state index in [1.54, 1.807) is 11.8 Å². The van der Waals surface area contributed by atoms with Gasteiger partial charge in [-0.3, -0.25) is 4.79 Å². The number of anilines is 1. The highest BCUT2D eigenvalue weighted by Crippen LogP contribution is 2.29. The summed E-state index contributed by atoms with van der Waals surface area (Å²) in [6, 6.07) is 8.18. The number of hydrogen-bond donors (Lipinski definition) is 0. The fourth-order valence-corrected chi connectivity index (χ4v) is 4.72. The molecule has 1 aromatic heterocycles. The monoisotopic (exact) mass is 371 g/mol. The summed E-state index contributed by atoms with van der Waals surface area (Å²) in [6.45, 7) is 6.59. The molecular weight excluding hydrogens is 346 g/mol. The smallest absolute Gasteiger partial charge is 0.237 e. The minimum atomic E-state index is 0.155. The van der Waals surface area contributed by atoms with Crippen LogP contribution in [0.2, 0.25) is 0 Å². The van der Waals surface area contributed by atoms with Crippen LogP contribution in [0.5, 0.6) is 0 Å². The van der Waals surface area contributed by atoms with Crippen molar-refractivity contribution >= 4 is 23.4 Å². The Morgan fingerprint density at radius 3 is 3.00 bits per heavy atom. The first kappa shape index (κ1) is 17.6. The molecule has 0 saturated carbocycles. The van der Waals surface area contributed by atoms with Crippen LogP contribution < -0.4 is 4.90 Å². The summed E-state index contributed by atoms with van der Waals surface area (Å²) in [5, 5.41) is 0.927. The zero-order valence-corrected chi connectivity index (χ0v) is 16.2. The number of thioether (sulfide) groups is 1. The van der Waals surface area contributed by atoms with E-state index in [4.69, 9.17) is 9.72 Å². The van der Waals surface area contributed by atoms with Gasteiger partial charge in [0.2, 0.25) is 5.91 Å². The van der Waals surface area contributed by atoms with Gasteiger partial charge in [0, 0.05) is 24.5 Å². The zero-order valence-electron chi connectivity index (χ0n) is 15.4. The first-order valence-corrected chi connectivity index (χ1v) is 10.3. The lowest BCUT2D eigenvalue weighted by molar-refractivity contribution is -0.116. The topological polar surface area (TPSA) is 47.4 Å². The van der Waals surface area contributed by atoms with Crippen molar-refractivity contribution < 1.29 is 9.53 Å². The molecule has 26 heavy (non-hydrogen) atoms. The number of aryl methyl sites for hydroxylation is 1. The van der Waals surface area contributed by atoms with Gasteiger partial charge in [0.15, 0.2) is 5.16 Å². The molecule has 0 spiro atoms. The molecule has 138 valence electrons. The normalized spacial score (nSPS) is 19.2. The van der Waals surface area contributed by atoms with E-state index in [-0.39, 0.29) is 12.0 Å². The Balaban J connectivity index is 1.45. The predicted octanol–water partition coefficient (Wildman–Crippen LogP) is 3.36. The van der Waals surface area contributed by atoms with Crippen molar-refractivity contribution in [1.29, 1.82) is 0 Å². The Kier molecular flexibility index (Phi) is 5.05. The van der Waals surface area contributed by atoms with Crippen LogP contribution in [0.4, 0.5) is 5.69 Å². The lowest BCUT2D eigenvalue weighted by Gasteiger charge is -2.18. The second-order valence-corrected chi connectivity index (χ2v) is 7.97. The summed E-state index contributed by atoms with van der Waals surface area (Å²) < 4.78 is 8.01. The van der Waals surface area contributed by atoms with Crippen LogP contribution in [-0.4, -0.2) is 40.5 Å². The predicted molar refractivity (Wildman–Crippen MR) is 104 cm³/mol. The number of nitrogens with zero attached hydrogens (tertiary/aromatic N) is 3. The number of ether oxygens (including phenoxy) is 1. The molecule has 1 saturated heterocycles. The Bertz CT molecular complexity index is 811. The number of rotatable bonds is 5. The van der Waals surface area contributed by atoms with E-state index in [0.717, 1.165) is 55.5 Å². The van der Waals surface area contributed by atoms with Crippen LogP contribution in [0.3, 0.4) is 0 Å². The molecule has 3 heterocycles. The fourth-order valence-electron chi connectivity index (χ4n) is 3.74. The number of hydrogen-bond acceptors (Lipinski definition) is 4. The van der Waals surface area contributed by atoms with Crippen molar-refractivity contribution in [2.75, 3.05) is 23.8 Å². The number of amides is 1. The molecule has 1 fully saturated rings. The van der Waals surface area contributed by atoms with Gasteiger partial charge in [0.25, 0.3) is 0 Å². The minimum absolute atomic E-state index is 0.155. The summed E-state index contributed by atoms with van der Waals surface area (Å²) in [5.41, 5.74) is 4.53. The molecule has 4 rings (SSSR count). The first-order chi connectivity index (χ1) is 12.6. The van der Waals surface area contributed by atoms with Crippen LogP contribution in [0, 0.1) is 13.8 Å². The van der Waals surface area contributed by atoms with Crippen molar-refractivity contribution in [2.45, 2.75) is 50.9 Å². The van der Waals surface area contributed by atoms with Gasteiger partial charge in [0.05, 0.1) is 24.1 Å². The number of carbonyl (C=O) groups excluding carboxylic acids is 1. The van der Waals surface area contributed by atoms with Crippen LogP contribution in [-0.2, 0) is 22.5 Å². The van der Waals surface area contributed by atoms with Crippen LogP contribution >= 0.6 is 11.8 Å². The third kappa shape index (κ3) is 3.40. The van der Waals surface area contributed by atoms with Crippen molar-refractivity contribution in [3.8, 4) is 0 Å². The lowest BCUT2D eigenvalue weighted by Crippen LogP contribution is -2.30. The zero-order chi connectivity index (χ0) is 18.1. The molecule has 5 nitrogen and oxygen atoms in total. The third-order valence-corrected chi connectivity index (χ3v) is 6.31. The van der Waals surface area contributed by atoms with E-state index in [0.29, 0.717) is 5.75 Å². The van der Waals surface area contributed by atoms with Gasteiger partial charge >= 0.3 is 0 Å². The van der Waals surface area contributed by atoms with E-state index in [1.165, 1.54) is 11.3 Å². The first-order valence-electron chi connectivity index (χ1n) is 9.30. The molecule has 1 aromatic carbocycles. The number of imidazole rings is 1. The Morgan fingerprint density at radius 2 is 2.19 bits per heavy atom. The Labute approximate surface area is 158 Å². The summed E-state index contributed by atoms with van der Waals surface area (Å²) in [6.07, 6.45) is 3.44. The number of fused-ring (bicyclic) bond motifs is 1. The maximum atomic E-state index is 12.8. The van der Waals surface area contributed by atoms with Crippen molar-refractivity contribution in [1.82, 2.24) is 9.55 Å². The molecule has 0 N–H and O–H groups in total. The summed E-state index contributed by atoms with van der Waals surface area (Å²) in [5.74, 6) is 0.567. The number of para-hydroxylation sites is 1. The lowest BCUT2D eigenvalue weighted by atomic mass is 10.2. The van der Waals surface area contributed by atoms with Crippen LogP contribution in [0.15, 0.2) is 29.4 Å². The van der Waals surface area contributed by atoms with Crippen LogP contribution in [0.1, 0.15) is 29.8 Å². The Morgan fingerprint density at radius 1 is 1.35 bits per heavy atom. The number of aromatic nitrogens is 2. The van der Waals surface area contributed by atoms with E-state index in [2.05, 4.69) is 17.6 Å². The SMILES string of the molecule is Cc1nc(SCC(=O)N2CCc3ccccc32)n(CC2CCCO2)c1C. The minimum Gasteiger partial charge on any atom is -0.376 e. The van der Waals surface area contributed by atoms with Gasteiger partial charge in [-0.15, -0.1) is 0 Å². The highest BCUT2D eigenvalue weighted by atomic mass is 32.2. The maximum absolute atomic E-state index is 12.8. The summed E-state index contributed by atoms with van der Waals surface area (Å²) in [4.78, 5) is 19.4. The van der Waals surface area contributed by atoms with Crippen molar-refractivity contribution in [3.63, 3.8) is 0 Å². The third-order valence-electron chi connectivity index (χ3n) is 5.35. The van der Waals surface area contributed by atoms with Gasteiger partial charge in [-0.25, -0.2) is 4.98 Å². The Hall–Kier alpha value is -1.79. The quantitative estimate of drug-likeness (QED) is 0.756. The van der Waals surface area contributed by atoms with E-state index in [9.17, 15) is 4.79 Å². The van der Waals surface area contributed by atoms with Gasteiger partial charge in [-0.1, -0.05) is 30.0 Å². The van der Waals surface area contributed by atoms with Gasteiger partial charge in [-0.05, 0) is 44.7 Å². The van der Waals surface area contributed by atoms with Gasteiger partial charge in [-0.2, -0.15) is 0 Å². The standard InChI is InChI=1S/C20H25N3O2S/c1-14-15(2)23(12-17-7-5-11-25-17)20(21-14)26-13-19(24)22-10-9-16-6-3-4-8-18(16)22/h3-4,6,8,17H,5,7,9-13H2,1-2H3. The molecule has 1 atom stereocenters. The largest absolute Gasteiger partial charge is 0.376 e. The molecule has 6 heteroatoms. The molecular formula is C20H25N3O2S. The highest BCUT2D eigenvalue weighted by Gasteiger charge is 2.25. The van der Waals surface area contributed by atoms with Crippen molar-refractivity contribution in [2.24, 2.45) is 0 Å². The average molecular weight is 372 g/mol. The van der Waals surface area contributed by atoms with Crippen molar-refractivity contribution in [3.05, 3.63) is 41.2 Å². The van der Waals surface area contributed by atoms with E-state index >= 15 is 0 Å². The van der Waals surface area contributed by atoms with Gasteiger partial charge < -0.3 is 14.2 Å². The molecule has 2 aromatic rings. The van der Waals surface area contributed by atoms with E-state index in [1.807, 2.05) is 30.0 Å². The molecule has 2 aliphatic rings.